The zero-order valence-corrected chi connectivity index (χ0v) is 12.9. The van der Waals surface area contributed by atoms with Gasteiger partial charge in [0.2, 0.25) is 0 Å². The molecule has 0 amide bonds. The molecule has 0 saturated carbocycles. The molecule has 0 unspecified atom stereocenters. The zero-order valence-electron chi connectivity index (χ0n) is 12.9. The number of ether oxygens (including phenoxy) is 2. The Kier molecular flexibility index (Phi) is 6.21. The number of phenolic OH excluding ortho intramolecular Hbond substituents is 1. The third kappa shape index (κ3) is 6.29. The van der Waals surface area contributed by atoms with Gasteiger partial charge in [-0.05, 0) is 39.3 Å². The Morgan fingerprint density at radius 3 is 2.00 bits per heavy atom. The highest BCUT2D eigenvalue weighted by atomic mass is 16.5. The molecule has 0 aromatic heterocycles. The summed E-state index contributed by atoms with van der Waals surface area (Å²) in [5.74, 6) is -0.769. The predicted octanol–water partition coefficient (Wildman–Crippen LogP) is 2.38. The molecule has 1 aromatic carbocycles. The fourth-order valence-electron chi connectivity index (χ4n) is 1.80. The van der Waals surface area contributed by atoms with E-state index in [1.807, 2.05) is 0 Å². The van der Waals surface area contributed by atoms with E-state index in [2.05, 4.69) is 0 Å². The highest BCUT2D eigenvalue weighted by molar-refractivity contribution is 5.75. The van der Waals surface area contributed by atoms with E-state index in [0.29, 0.717) is 11.1 Å². The van der Waals surface area contributed by atoms with Crippen LogP contribution in [0.25, 0.3) is 0 Å². The van der Waals surface area contributed by atoms with Gasteiger partial charge in [-0.3, -0.25) is 9.59 Å². The van der Waals surface area contributed by atoms with E-state index >= 15 is 0 Å². The van der Waals surface area contributed by atoms with Gasteiger partial charge in [-0.25, -0.2) is 0 Å². The van der Waals surface area contributed by atoms with E-state index in [4.69, 9.17) is 9.47 Å². The Morgan fingerprint density at radius 1 is 1.00 bits per heavy atom. The van der Waals surface area contributed by atoms with Crippen molar-refractivity contribution in [3.8, 4) is 5.75 Å². The predicted molar refractivity (Wildman–Crippen MR) is 78.0 cm³/mol. The van der Waals surface area contributed by atoms with Gasteiger partial charge in [0, 0.05) is 5.56 Å². The van der Waals surface area contributed by atoms with Crippen molar-refractivity contribution in [2.45, 2.75) is 52.7 Å². The van der Waals surface area contributed by atoms with Crippen LogP contribution in [-0.2, 0) is 31.9 Å². The number of hydrogen-bond donors (Lipinski definition) is 1. The van der Waals surface area contributed by atoms with Crippen LogP contribution in [0.4, 0.5) is 0 Å². The van der Waals surface area contributed by atoms with E-state index in [1.54, 1.807) is 39.8 Å². The SMILES string of the molecule is CC(C)OC(=O)Cc1ccc(CC(=O)OC(C)C)c(O)c1. The molecular weight excluding hydrogens is 272 g/mol. The molecule has 1 rings (SSSR count). The molecule has 1 N–H and O–H groups in total. The van der Waals surface area contributed by atoms with Crippen LogP contribution in [0.5, 0.6) is 5.75 Å². The van der Waals surface area contributed by atoms with E-state index in [9.17, 15) is 14.7 Å². The third-order valence-electron chi connectivity index (χ3n) is 2.57. The Morgan fingerprint density at radius 2 is 1.52 bits per heavy atom. The maximum absolute atomic E-state index is 11.6. The van der Waals surface area contributed by atoms with Crippen LogP contribution < -0.4 is 0 Å². The minimum Gasteiger partial charge on any atom is -0.508 e. The second kappa shape index (κ2) is 7.67. The fraction of sp³-hybridized carbons (Fsp3) is 0.500. The van der Waals surface area contributed by atoms with Crippen LogP contribution in [0.2, 0.25) is 0 Å². The molecule has 0 bridgehead atoms. The molecule has 0 heterocycles. The number of benzene rings is 1. The molecule has 0 saturated heterocycles. The average Bonchev–Trinajstić information content (AvgIpc) is 2.30. The normalized spacial score (nSPS) is 10.8. The minimum atomic E-state index is -0.396. The summed E-state index contributed by atoms with van der Waals surface area (Å²) in [6, 6.07) is 4.79. The average molecular weight is 294 g/mol. The number of rotatable bonds is 6. The summed E-state index contributed by atoms with van der Waals surface area (Å²) in [6.07, 6.45) is -0.274. The summed E-state index contributed by atoms with van der Waals surface area (Å²) in [5.41, 5.74) is 1.11. The Hall–Kier alpha value is -2.04. The fourth-order valence-corrected chi connectivity index (χ4v) is 1.80. The molecule has 0 aliphatic rings. The highest BCUT2D eigenvalue weighted by Crippen LogP contribution is 2.20. The molecule has 0 spiro atoms. The third-order valence-corrected chi connectivity index (χ3v) is 2.57. The van der Waals surface area contributed by atoms with Crippen LogP contribution in [0.1, 0.15) is 38.8 Å². The summed E-state index contributed by atoms with van der Waals surface area (Å²) < 4.78 is 10.1. The largest absolute Gasteiger partial charge is 0.508 e. The zero-order chi connectivity index (χ0) is 16.0. The van der Waals surface area contributed by atoms with Gasteiger partial charge in [0.15, 0.2) is 0 Å². The van der Waals surface area contributed by atoms with Crippen molar-refractivity contribution in [3.63, 3.8) is 0 Å². The monoisotopic (exact) mass is 294 g/mol. The lowest BCUT2D eigenvalue weighted by atomic mass is 10.1. The number of carbonyl (C=O) groups excluding carboxylic acids is 2. The molecular formula is C16H22O5. The summed E-state index contributed by atoms with van der Waals surface area (Å²) in [7, 11) is 0. The number of aromatic hydroxyl groups is 1. The maximum Gasteiger partial charge on any atom is 0.310 e. The molecule has 0 radical (unpaired) electrons. The van der Waals surface area contributed by atoms with Gasteiger partial charge in [-0.1, -0.05) is 12.1 Å². The molecule has 0 atom stereocenters. The van der Waals surface area contributed by atoms with Crippen molar-refractivity contribution in [2.24, 2.45) is 0 Å². The topological polar surface area (TPSA) is 72.8 Å². The first-order valence-corrected chi connectivity index (χ1v) is 6.97. The lowest BCUT2D eigenvalue weighted by Crippen LogP contribution is -2.14. The smallest absolute Gasteiger partial charge is 0.310 e. The van der Waals surface area contributed by atoms with Gasteiger partial charge in [0.05, 0.1) is 25.0 Å². The van der Waals surface area contributed by atoms with Crippen LogP contribution in [0.3, 0.4) is 0 Å². The van der Waals surface area contributed by atoms with Gasteiger partial charge in [0.1, 0.15) is 5.75 Å². The van der Waals surface area contributed by atoms with Gasteiger partial charge < -0.3 is 14.6 Å². The first-order valence-electron chi connectivity index (χ1n) is 6.97. The number of esters is 2. The Balaban J connectivity index is 2.67. The Bertz CT molecular complexity index is 505. The summed E-state index contributed by atoms with van der Waals surface area (Å²) in [5, 5.41) is 9.91. The van der Waals surface area contributed by atoms with Crippen molar-refractivity contribution < 1.29 is 24.2 Å². The molecule has 0 aliphatic carbocycles. The quantitative estimate of drug-likeness (QED) is 0.815. The molecule has 1 aromatic rings. The van der Waals surface area contributed by atoms with Crippen LogP contribution in [0, 0.1) is 0 Å². The molecule has 21 heavy (non-hydrogen) atoms. The van der Waals surface area contributed by atoms with Crippen LogP contribution in [0.15, 0.2) is 18.2 Å². The number of hydrogen-bond acceptors (Lipinski definition) is 5. The summed E-state index contributed by atoms with van der Waals surface area (Å²) >= 11 is 0. The lowest BCUT2D eigenvalue weighted by Gasteiger charge is -2.10. The second-order valence-electron chi connectivity index (χ2n) is 5.39. The standard InChI is InChI=1S/C16H22O5/c1-10(2)20-15(18)8-12-5-6-13(14(17)7-12)9-16(19)21-11(3)4/h5-7,10-11,17H,8-9H2,1-4H3. The van der Waals surface area contributed by atoms with E-state index < -0.39 is 5.97 Å². The molecule has 0 fully saturated rings. The second-order valence-corrected chi connectivity index (χ2v) is 5.39. The highest BCUT2D eigenvalue weighted by Gasteiger charge is 2.13. The molecule has 5 nitrogen and oxygen atoms in total. The van der Waals surface area contributed by atoms with Crippen molar-refractivity contribution in [1.82, 2.24) is 0 Å². The number of phenols is 1. The van der Waals surface area contributed by atoms with Gasteiger partial charge >= 0.3 is 11.9 Å². The Labute approximate surface area is 124 Å². The summed E-state index contributed by atoms with van der Waals surface area (Å²) in [6.45, 7) is 7.08. The first-order chi connectivity index (χ1) is 9.77. The van der Waals surface area contributed by atoms with Gasteiger partial charge in [-0.15, -0.1) is 0 Å². The van der Waals surface area contributed by atoms with E-state index in [-0.39, 0.29) is 36.8 Å². The molecule has 116 valence electrons. The van der Waals surface area contributed by atoms with Gasteiger partial charge in [-0.2, -0.15) is 0 Å². The summed E-state index contributed by atoms with van der Waals surface area (Å²) in [4.78, 5) is 23.1. The number of carbonyl (C=O) groups is 2. The van der Waals surface area contributed by atoms with Crippen molar-refractivity contribution in [3.05, 3.63) is 29.3 Å². The minimum absolute atomic E-state index is 0.000728. The van der Waals surface area contributed by atoms with Gasteiger partial charge in [0.25, 0.3) is 0 Å². The van der Waals surface area contributed by atoms with Crippen molar-refractivity contribution in [1.29, 1.82) is 0 Å². The first kappa shape index (κ1) is 17.0. The molecule has 0 aliphatic heterocycles. The van der Waals surface area contributed by atoms with E-state index in [1.165, 1.54) is 6.07 Å². The molecule has 5 heteroatoms. The van der Waals surface area contributed by atoms with Crippen LogP contribution in [-0.4, -0.2) is 29.3 Å². The van der Waals surface area contributed by atoms with Crippen LogP contribution >= 0.6 is 0 Å². The maximum atomic E-state index is 11.6. The van der Waals surface area contributed by atoms with E-state index in [0.717, 1.165) is 0 Å². The van der Waals surface area contributed by atoms with Crippen molar-refractivity contribution in [2.75, 3.05) is 0 Å². The lowest BCUT2D eigenvalue weighted by molar-refractivity contribution is -0.147. The van der Waals surface area contributed by atoms with Crippen molar-refractivity contribution >= 4 is 11.9 Å².